The molecular weight excluding hydrogens is 248 g/mol. The molecule has 20 heavy (non-hydrogen) atoms. The summed E-state index contributed by atoms with van der Waals surface area (Å²) in [6.07, 6.45) is 6.07. The summed E-state index contributed by atoms with van der Waals surface area (Å²) in [7, 11) is 2.18. The molecule has 0 atom stereocenters. The molecule has 0 radical (unpaired) electrons. The maximum Gasteiger partial charge on any atom is 0.119 e. The molecule has 1 aromatic rings. The second-order valence-corrected chi connectivity index (χ2v) is 5.74. The molecule has 0 saturated heterocycles. The lowest BCUT2D eigenvalue weighted by atomic mass is 10.1. The van der Waals surface area contributed by atoms with Crippen molar-refractivity contribution in [2.45, 2.75) is 32.1 Å². The van der Waals surface area contributed by atoms with Crippen LogP contribution in [0.5, 0.6) is 5.75 Å². The minimum atomic E-state index is 0.463. The Balaban J connectivity index is 1.65. The van der Waals surface area contributed by atoms with E-state index >= 15 is 0 Å². The van der Waals surface area contributed by atoms with Crippen LogP contribution in [0.25, 0.3) is 0 Å². The average molecular weight is 272 g/mol. The Kier molecular flexibility index (Phi) is 5.88. The van der Waals surface area contributed by atoms with Gasteiger partial charge in [-0.1, -0.05) is 25.0 Å². The molecule has 0 heterocycles. The van der Waals surface area contributed by atoms with Gasteiger partial charge in [0.25, 0.3) is 0 Å². The van der Waals surface area contributed by atoms with Gasteiger partial charge in [0.15, 0.2) is 0 Å². The van der Waals surface area contributed by atoms with Crippen molar-refractivity contribution in [3.05, 3.63) is 29.8 Å². The zero-order chi connectivity index (χ0) is 14.2. The summed E-state index contributed by atoms with van der Waals surface area (Å²) in [5.74, 6) is 1.78. The van der Waals surface area contributed by atoms with Crippen LogP contribution in [-0.2, 0) is 6.42 Å². The molecule has 1 aliphatic carbocycles. The summed E-state index contributed by atoms with van der Waals surface area (Å²) in [5, 5.41) is 8.62. The highest BCUT2D eigenvalue weighted by Gasteiger charge is 2.16. The lowest BCUT2D eigenvalue weighted by Crippen LogP contribution is -2.28. The molecule has 2 rings (SSSR count). The summed E-state index contributed by atoms with van der Waals surface area (Å²) >= 11 is 0. The van der Waals surface area contributed by atoms with Crippen molar-refractivity contribution in [1.29, 1.82) is 5.26 Å². The van der Waals surface area contributed by atoms with Crippen LogP contribution in [0.4, 0.5) is 0 Å². The highest BCUT2D eigenvalue weighted by molar-refractivity contribution is 5.28. The van der Waals surface area contributed by atoms with Gasteiger partial charge in [-0.05, 0) is 43.5 Å². The van der Waals surface area contributed by atoms with E-state index in [0.29, 0.717) is 6.42 Å². The standard InChI is InChI=1S/C17H24N2O/c1-19(14-16-4-2-3-5-16)12-13-20-17-8-6-15(7-9-17)10-11-18/h6-9,16H,2-5,10,12-14H2,1H3. The van der Waals surface area contributed by atoms with Crippen molar-refractivity contribution in [2.24, 2.45) is 5.92 Å². The Bertz CT molecular complexity index is 429. The predicted molar refractivity (Wildman–Crippen MR) is 80.7 cm³/mol. The number of nitrogens with zero attached hydrogens (tertiary/aromatic N) is 2. The van der Waals surface area contributed by atoms with Gasteiger partial charge in [0.1, 0.15) is 12.4 Å². The molecule has 108 valence electrons. The highest BCUT2D eigenvalue weighted by atomic mass is 16.5. The van der Waals surface area contributed by atoms with E-state index in [9.17, 15) is 0 Å². The molecule has 1 aliphatic rings. The molecule has 1 fully saturated rings. The quantitative estimate of drug-likeness (QED) is 0.764. The average Bonchev–Trinajstić information content (AvgIpc) is 2.94. The molecule has 0 aliphatic heterocycles. The topological polar surface area (TPSA) is 36.3 Å². The first-order valence-electron chi connectivity index (χ1n) is 7.55. The Hall–Kier alpha value is -1.53. The number of hydrogen-bond donors (Lipinski definition) is 0. The summed E-state index contributed by atoms with van der Waals surface area (Å²) < 4.78 is 5.75. The van der Waals surface area contributed by atoms with E-state index in [2.05, 4.69) is 18.0 Å². The van der Waals surface area contributed by atoms with Crippen LogP contribution >= 0.6 is 0 Å². The van der Waals surface area contributed by atoms with Gasteiger partial charge in [-0.15, -0.1) is 0 Å². The van der Waals surface area contributed by atoms with E-state index in [-0.39, 0.29) is 0 Å². The fraction of sp³-hybridized carbons (Fsp3) is 0.588. The van der Waals surface area contributed by atoms with Gasteiger partial charge in [-0.25, -0.2) is 0 Å². The van der Waals surface area contributed by atoms with E-state index in [0.717, 1.165) is 30.4 Å². The normalized spacial score (nSPS) is 15.4. The van der Waals surface area contributed by atoms with Crippen LogP contribution in [0.15, 0.2) is 24.3 Å². The first-order chi connectivity index (χ1) is 9.78. The number of nitriles is 1. The van der Waals surface area contributed by atoms with Gasteiger partial charge < -0.3 is 9.64 Å². The molecule has 3 nitrogen and oxygen atoms in total. The molecule has 0 bridgehead atoms. The van der Waals surface area contributed by atoms with Gasteiger partial charge in [0.05, 0.1) is 12.5 Å². The summed E-state index contributed by atoms with van der Waals surface area (Å²) in [4.78, 5) is 2.38. The smallest absolute Gasteiger partial charge is 0.119 e. The maximum absolute atomic E-state index is 8.62. The summed E-state index contributed by atoms with van der Waals surface area (Å²) in [6, 6.07) is 9.96. The van der Waals surface area contributed by atoms with Gasteiger partial charge in [0, 0.05) is 13.1 Å². The summed E-state index contributed by atoms with van der Waals surface area (Å²) in [5.41, 5.74) is 1.04. The third kappa shape index (κ3) is 4.86. The van der Waals surface area contributed by atoms with Crippen molar-refractivity contribution >= 4 is 0 Å². The minimum Gasteiger partial charge on any atom is -0.492 e. The van der Waals surface area contributed by atoms with E-state index in [1.54, 1.807) is 0 Å². The first-order valence-corrected chi connectivity index (χ1v) is 7.55. The fourth-order valence-corrected chi connectivity index (χ4v) is 2.84. The molecule has 0 amide bonds. The number of ether oxygens (including phenoxy) is 1. The van der Waals surface area contributed by atoms with Crippen molar-refractivity contribution < 1.29 is 4.74 Å². The number of rotatable bonds is 7. The van der Waals surface area contributed by atoms with Crippen LogP contribution in [0.1, 0.15) is 31.2 Å². The van der Waals surface area contributed by atoms with Crippen molar-refractivity contribution in [3.8, 4) is 11.8 Å². The monoisotopic (exact) mass is 272 g/mol. The van der Waals surface area contributed by atoms with Crippen LogP contribution in [-0.4, -0.2) is 31.6 Å². The van der Waals surface area contributed by atoms with Crippen molar-refractivity contribution in [1.82, 2.24) is 4.90 Å². The molecule has 0 unspecified atom stereocenters. The van der Waals surface area contributed by atoms with Crippen LogP contribution < -0.4 is 4.74 Å². The second kappa shape index (κ2) is 7.91. The third-order valence-electron chi connectivity index (χ3n) is 3.99. The SMILES string of the molecule is CN(CCOc1ccc(CC#N)cc1)CC1CCCC1. The Labute approximate surface area is 122 Å². The van der Waals surface area contributed by atoms with E-state index in [4.69, 9.17) is 10.00 Å². The summed E-state index contributed by atoms with van der Waals surface area (Å²) in [6.45, 7) is 2.89. The predicted octanol–water partition coefficient (Wildman–Crippen LogP) is 3.25. The number of benzene rings is 1. The zero-order valence-electron chi connectivity index (χ0n) is 12.3. The van der Waals surface area contributed by atoms with Crippen LogP contribution in [0.3, 0.4) is 0 Å². The molecule has 0 spiro atoms. The van der Waals surface area contributed by atoms with Gasteiger partial charge in [0.2, 0.25) is 0 Å². The fourth-order valence-electron chi connectivity index (χ4n) is 2.84. The number of hydrogen-bond acceptors (Lipinski definition) is 3. The highest BCUT2D eigenvalue weighted by Crippen LogP contribution is 2.25. The molecule has 1 saturated carbocycles. The molecule has 3 heteroatoms. The lowest BCUT2D eigenvalue weighted by Gasteiger charge is -2.20. The Morgan fingerprint density at radius 2 is 1.95 bits per heavy atom. The largest absolute Gasteiger partial charge is 0.492 e. The maximum atomic E-state index is 8.62. The Morgan fingerprint density at radius 3 is 2.60 bits per heavy atom. The third-order valence-corrected chi connectivity index (χ3v) is 3.99. The van der Waals surface area contributed by atoms with Gasteiger partial charge in [-0.2, -0.15) is 5.26 Å². The molecular formula is C17H24N2O. The van der Waals surface area contributed by atoms with Crippen LogP contribution in [0.2, 0.25) is 0 Å². The van der Waals surface area contributed by atoms with Gasteiger partial charge in [-0.3, -0.25) is 0 Å². The van der Waals surface area contributed by atoms with E-state index < -0.39 is 0 Å². The molecule has 1 aromatic carbocycles. The van der Waals surface area contributed by atoms with Crippen LogP contribution in [0, 0.1) is 17.2 Å². The minimum absolute atomic E-state index is 0.463. The Morgan fingerprint density at radius 1 is 1.25 bits per heavy atom. The van der Waals surface area contributed by atoms with E-state index in [1.807, 2.05) is 24.3 Å². The van der Waals surface area contributed by atoms with E-state index in [1.165, 1.54) is 32.2 Å². The molecule has 0 N–H and O–H groups in total. The lowest BCUT2D eigenvalue weighted by molar-refractivity contribution is 0.215. The number of likely N-dealkylation sites (N-methyl/N-ethyl adjacent to an activating group) is 1. The molecule has 0 aromatic heterocycles. The van der Waals surface area contributed by atoms with Crippen molar-refractivity contribution in [3.63, 3.8) is 0 Å². The van der Waals surface area contributed by atoms with Gasteiger partial charge >= 0.3 is 0 Å². The first kappa shape index (κ1) is 14.9. The zero-order valence-corrected chi connectivity index (χ0v) is 12.3. The van der Waals surface area contributed by atoms with Crippen molar-refractivity contribution in [2.75, 3.05) is 26.7 Å². The second-order valence-electron chi connectivity index (χ2n) is 5.74.